The van der Waals surface area contributed by atoms with Gasteiger partial charge in [-0.2, -0.15) is 0 Å². The molecule has 4 saturated carbocycles. The summed E-state index contributed by atoms with van der Waals surface area (Å²) in [6.45, 7) is 1.25. The number of hydrogen-bond donors (Lipinski definition) is 2. The molecule has 0 aliphatic heterocycles. The van der Waals surface area contributed by atoms with Gasteiger partial charge in [0.15, 0.2) is 0 Å². The number of nitrogens with zero attached hydrogens (tertiary/aromatic N) is 1. The number of carbonyl (C=O) groups is 1. The molecular formula is C20H34N2O2. The number of carboxylic acid groups (broad SMARTS) is 1. The summed E-state index contributed by atoms with van der Waals surface area (Å²) in [5.74, 6) is 0.112. The van der Waals surface area contributed by atoms with Crippen LogP contribution in [0.15, 0.2) is 0 Å². The molecule has 0 bridgehead atoms. The van der Waals surface area contributed by atoms with Crippen LogP contribution in [0.5, 0.6) is 0 Å². The summed E-state index contributed by atoms with van der Waals surface area (Å²) < 4.78 is 0. The Bertz CT molecular complexity index is 451. The Morgan fingerprint density at radius 3 is 2.42 bits per heavy atom. The van der Waals surface area contributed by atoms with Crippen molar-refractivity contribution in [2.45, 2.75) is 95.2 Å². The van der Waals surface area contributed by atoms with Gasteiger partial charge in [-0.25, -0.2) is 0 Å². The Labute approximate surface area is 146 Å². The third-order valence-corrected chi connectivity index (χ3v) is 7.35. The summed E-state index contributed by atoms with van der Waals surface area (Å²) in [6.07, 6.45) is 16.3. The minimum atomic E-state index is -0.663. The minimum Gasteiger partial charge on any atom is -0.480 e. The molecule has 4 fully saturated rings. The van der Waals surface area contributed by atoms with Gasteiger partial charge in [0.25, 0.3) is 0 Å². The zero-order valence-corrected chi connectivity index (χ0v) is 15.0. The Morgan fingerprint density at radius 1 is 1.04 bits per heavy atom. The molecule has 4 nitrogen and oxygen atoms in total. The monoisotopic (exact) mass is 334 g/mol. The summed E-state index contributed by atoms with van der Waals surface area (Å²) >= 11 is 0. The van der Waals surface area contributed by atoms with Crippen LogP contribution in [0.25, 0.3) is 0 Å². The Hall–Kier alpha value is -0.610. The first-order chi connectivity index (χ1) is 11.6. The second kappa shape index (κ2) is 6.95. The highest BCUT2D eigenvalue weighted by Crippen LogP contribution is 2.49. The first kappa shape index (κ1) is 16.8. The van der Waals surface area contributed by atoms with Gasteiger partial charge in [-0.05, 0) is 62.7 Å². The fourth-order valence-corrected chi connectivity index (χ4v) is 5.71. The van der Waals surface area contributed by atoms with E-state index in [0.29, 0.717) is 17.5 Å². The zero-order chi connectivity index (χ0) is 16.6. The molecule has 4 heteroatoms. The standard InChI is InChI=1S/C20H34N2O2/c23-19(24)14-22(13-15-6-7-15)17-11-16(12-17)21-18-5-4-10-20(18)8-2-1-3-9-20/h15-18,21H,1-14H2,(H,23,24). The van der Waals surface area contributed by atoms with E-state index in [9.17, 15) is 9.90 Å². The van der Waals surface area contributed by atoms with Gasteiger partial charge >= 0.3 is 5.97 Å². The summed E-state index contributed by atoms with van der Waals surface area (Å²) in [7, 11) is 0. The van der Waals surface area contributed by atoms with Crippen LogP contribution in [0.3, 0.4) is 0 Å². The predicted molar refractivity (Wildman–Crippen MR) is 95.0 cm³/mol. The van der Waals surface area contributed by atoms with Gasteiger partial charge in [-0.1, -0.05) is 25.7 Å². The van der Waals surface area contributed by atoms with Gasteiger partial charge in [-0.3, -0.25) is 9.69 Å². The van der Waals surface area contributed by atoms with E-state index in [-0.39, 0.29) is 6.54 Å². The lowest BCUT2D eigenvalue weighted by Gasteiger charge is -2.47. The molecule has 24 heavy (non-hydrogen) atoms. The molecule has 1 atom stereocenters. The van der Waals surface area contributed by atoms with E-state index in [4.69, 9.17) is 0 Å². The summed E-state index contributed by atoms with van der Waals surface area (Å²) in [4.78, 5) is 13.4. The van der Waals surface area contributed by atoms with E-state index >= 15 is 0 Å². The molecule has 0 amide bonds. The molecule has 4 aliphatic rings. The van der Waals surface area contributed by atoms with Crippen LogP contribution < -0.4 is 5.32 Å². The van der Waals surface area contributed by atoms with Gasteiger partial charge in [0, 0.05) is 24.7 Å². The summed E-state index contributed by atoms with van der Waals surface area (Å²) in [5, 5.41) is 13.2. The van der Waals surface area contributed by atoms with E-state index in [1.54, 1.807) is 0 Å². The first-order valence-electron chi connectivity index (χ1n) is 10.4. The van der Waals surface area contributed by atoms with E-state index in [2.05, 4.69) is 10.2 Å². The number of aliphatic carboxylic acids is 1. The lowest BCUT2D eigenvalue weighted by atomic mass is 9.69. The lowest BCUT2D eigenvalue weighted by molar-refractivity contribution is -0.139. The molecule has 0 aromatic carbocycles. The topological polar surface area (TPSA) is 52.6 Å². The van der Waals surface area contributed by atoms with Crippen LogP contribution in [0.1, 0.15) is 77.0 Å². The number of hydrogen-bond acceptors (Lipinski definition) is 3. The Morgan fingerprint density at radius 2 is 1.75 bits per heavy atom. The largest absolute Gasteiger partial charge is 0.480 e. The maximum atomic E-state index is 11.2. The van der Waals surface area contributed by atoms with Crippen LogP contribution in [0, 0.1) is 11.3 Å². The highest BCUT2D eigenvalue weighted by molar-refractivity contribution is 5.69. The van der Waals surface area contributed by atoms with Gasteiger partial charge < -0.3 is 10.4 Å². The van der Waals surface area contributed by atoms with Gasteiger partial charge in [-0.15, -0.1) is 0 Å². The van der Waals surface area contributed by atoms with Crippen molar-refractivity contribution in [2.24, 2.45) is 11.3 Å². The van der Waals surface area contributed by atoms with Crippen molar-refractivity contribution in [3.05, 3.63) is 0 Å². The SMILES string of the molecule is O=C(O)CN(CC1CC1)C1CC(NC2CCCC23CCCCC3)C1. The van der Waals surface area contributed by atoms with Crippen molar-refractivity contribution >= 4 is 5.97 Å². The van der Waals surface area contributed by atoms with E-state index < -0.39 is 5.97 Å². The van der Waals surface area contributed by atoms with E-state index in [0.717, 1.165) is 31.3 Å². The van der Waals surface area contributed by atoms with Crippen molar-refractivity contribution in [2.75, 3.05) is 13.1 Å². The fourth-order valence-electron chi connectivity index (χ4n) is 5.71. The molecule has 1 spiro atoms. The van der Waals surface area contributed by atoms with Crippen LogP contribution >= 0.6 is 0 Å². The third kappa shape index (κ3) is 3.65. The number of rotatable bonds is 7. The molecule has 2 N–H and O–H groups in total. The van der Waals surface area contributed by atoms with Crippen molar-refractivity contribution in [1.29, 1.82) is 0 Å². The van der Waals surface area contributed by atoms with E-state index in [1.807, 2.05) is 0 Å². The zero-order valence-electron chi connectivity index (χ0n) is 15.0. The molecule has 136 valence electrons. The number of carboxylic acids is 1. The highest BCUT2D eigenvalue weighted by atomic mass is 16.4. The quantitative estimate of drug-likeness (QED) is 0.749. The van der Waals surface area contributed by atoms with Crippen molar-refractivity contribution in [3.8, 4) is 0 Å². The predicted octanol–water partition coefficient (Wildman–Crippen LogP) is 3.41. The fraction of sp³-hybridized carbons (Fsp3) is 0.950. The minimum absolute atomic E-state index is 0.237. The highest BCUT2D eigenvalue weighted by Gasteiger charge is 2.46. The average molecular weight is 335 g/mol. The molecule has 0 heterocycles. The molecule has 0 aromatic heterocycles. The normalized spacial score (nSPS) is 35.3. The molecule has 0 aromatic rings. The second-order valence-electron chi connectivity index (χ2n) is 9.12. The van der Waals surface area contributed by atoms with Crippen molar-refractivity contribution in [1.82, 2.24) is 10.2 Å². The van der Waals surface area contributed by atoms with Crippen LogP contribution in [-0.2, 0) is 4.79 Å². The molecule has 4 aliphatic carbocycles. The lowest BCUT2D eigenvalue weighted by Crippen LogP contribution is -2.58. The van der Waals surface area contributed by atoms with E-state index in [1.165, 1.54) is 64.2 Å². The smallest absolute Gasteiger partial charge is 0.317 e. The van der Waals surface area contributed by atoms with Gasteiger partial charge in [0.2, 0.25) is 0 Å². The molecule has 0 radical (unpaired) electrons. The summed E-state index contributed by atoms with van der Waals surface area (Å²) in [5.41, 5.74) is 0.609. The Kier molecular flexibility index (Phi) is 4.88. The van der Waals surface area contributed by atoms with Gasteiger partial charge in [0.1, 0.15) is 0 Å². The van der Waals surface area contributed by atoms with Crippen LogP contribution in [0.4, 0.5) is 0 Å². The third-order valence-electron chi connectivity index (χ3n) is 7.35. The molecule has 0 saturated heterocycles. The van der Waals surface area contributed by atoms with Crippen molar-refractivity contribution in [3.63, 3.8) is 0 Å². The van der Waals surface area contributed by atoms with Crippen molar-refractivity contribution < 1.29 is 9.90 Å². The first-order valence-corrected chi connectivity index (χ1v) is 10.4. The molecule has 4 rings (SSSR count). The maximum absolute atomic E-state index is 11.2. The average Bonchev–Trinajstić information content (AvgIpc) is 3.25. The number of nitrogens with one attached hydrogen (secondary N) is 1. The molecular weight excluding hydrogens is 300 g/mol. The van der Waals surface area contributed by atoms with Crippen LogP contribution in [0.2, 0.25) is 0 Å². The second-order valence-corrected chi connectivity index (χ2v) is 9.12. The maximum Gasteiger partial charge on any atom is 0.317 e. The molecule has 1 unspecified atom stereocenters. The van der Waals surface area contributed by atoms with Gasteiger partial charge in [0.05, 0.1) is 6.54 Å². The Balaban J connectivity index is 1.27. The summed E-state index contributed by atoms with van der Waals surface area (Å²) in [6, 6.07) is 1.87. The van der Waals surface area contributed by atoms with Crippen LogP contribution in [-0.4, -0.2) is 47.2 Å².